The van der Waals surface area contributed by atoms with Gasteiger partial charge in [0.15, 0.2) is 0 Å². The summed E-state index contributed by atoms with van der Waals surface area (Å²) in [5.41, 5.74) is 1.88. The van der Waals surface area contributed by atoms with Crippen LogP contribution in [0.15, 0.2) is 60.7 Å². The van der Waals surface area contributed by atoms with E-state index in [9.17, 15) is 14.4 Å². The number of benzene rings is 2. The average molecular weight is 469 g/mol. The lowest BCUT2D eigenvalue weighted by molar-refractivity contribution is -0.155. The predicted octanol–water partition coefficient (Wildman–Crippen LogP) is 4.75. The molecule has 34 heavy (non-hydrogen) atoms. The van der Waals surface area contributed by atoms with Crippen molar-refractivity contribution in [3.8, 4) is 0 Å². The molecule has 7 nitrogen and oxygen atoms in total. The highest BCUT2D eigenvalue weighted by atomic mass is 16.6. The van der Waals surface area contributed by atoms with Gasteiger partial charge in [0, 0.05) is 18.9 Å². The van der Waals surface area contributed by atoms with Crippen molar-refractivity contribution in [1.82, 2.24) is 10.6 Å². The molecule has 0 saturated heterocycles. The maximum Gasteiger partial charge on any atom is 0.408 e. The van der Waals surface area contributed by atoms with Crippen LogP contribution in [-0.4, -0.2) is 30.1 Å². The van der Waals surface area contributed by atoms with Gasteiger partial charge in [-0.2, -0.15) is 0 Å². The lowest BCUT2D eigenvalue weighted by Gasteiger charge is -2.25. The molecule has 0 aliphatic heterocycles. The first-order valence-corrected chi connectivity index (χ1v) is 11.9. The first-order chi connectivity index (χ1) is 16.4. The van der Waals surface area contributed by atoms with Gasteiger partial charge in [0.05, 0.1) is 0 Å². The van der Waals surface area contributed by atoms with Gasteiger partial charge in [0.1, 0.15) is 18.8 Å². The van der Waals surface area contributed by atoms with E-state index >= 15 is 0 Å². The van der Waals surface area contributed by atoms with Gasteiger partial charge in [-0.1, -0.05) is 87.4 Å². The molecule has 2 aromatic rings. The zero-order valence-electron chi connectivity index (χ0n) is 20.3. The number of alkyl carbamates (subject to hydrolysis) is 1. The number of rotatable bonds is 13. The van der Waals surface area contributed by atoms with Crippen molar-refractivity contribution in [2.24, 2.45) is 5.92 Å². The highest BCUT2D eigenvalue weighted by Gasteiger charge is 2.27. The molecule has 0 bridgehead atoms. The first-order valence-electron chi connectivity index (χ1n) is 11.9. The van der Waals surface area contributed by atoms with Crippen molar-refractivity contribution in [2.45, 2.75) is 71.8 Å². The molecule has 7 heteroatoms. The molecular weight excluding hydrogens is 432 g/mol. The topological polar surface area (TPSA) is 93.7 Å². The van der Waals surface area contributed by atoms with Crippen molar-refractivity contribution >= 4 is 18.0 Å². The van der Waals surface area contributed by atoms with Gasteiger partial charge >= 0.3 is 12.1 Å². The van der Waals surface area contributed by atoms with E-state index in [1.165, 1.54) is 0 Å². The number of hydrogen-bond donors (Lipinski definition) is 2. The highest BCUT2D eigenvalue weighted by molar-refractivity contribution is 5.81. The van der Waals surface area contributed by atoms with Crippen LogP contribution in [0.1, 0.15) is 57.6 Å². The standard InChI is InChI=1S/C27H36N2O5/c1-4-5-16-24(20(2)17-25(30)28-18-22-12-8-6-9-13-22)34-26(31)21(3)29-27(32)33-19-23-14-10-7-11-15-23/h6-15,20-21,24H,4-5,16-19H2,1-3H3,(H,28,30)(H,29,32)/t20-,21-,24+/m0/s1. The highest BCUT2D eigenvalue weighted by Crippen LogP contribution is 2.19. The normalized spacial score (nSPS) is 13.3. The van der Waals surface area contributed by atoms with Crippen LogP contribution in [0, 0.1) is 5.92 Å². The number of carbonyl (C=O) groups is 3. The van der Waals surface area contributed by atoms with Crippen LogP contribution >= 0.6 is 0 Å². The van der Waals surface area contributed by atoms with Crippen LogP contribution in [0.2, 0.25) is 0 Å². The van der Waals surface area contributed by atoms with E-state index < -0.39 is 24.2 Å². The summed E-state index contributed by atoms with van der Waals surface area (Å²) < 4.78 is 10.9. The third-order valence-corrected chi connectivity index (χ3v) is 5.48. The fraction of sp³-hybridized carbons (Fsp3) is 0.444. The van der Waals surface area contributed by atoms with Gasteiger partial charge in [-0.25, -0.2) is 9.59 Å². The minimum Gasteiger partial charge on any atom is -0.461 e. The van der Waals surface area contributed by atoms with E-state index in [0.717, 1.165) is 24.0 Å². The fourth-order valence-electron chi connectivity index (χ4n) is 3.41. The van der Waals surface area contributed by atoms with Crippen LogP contribution in [0.3, 0.4) is 0 Å². The van der Waals surface area contributed by atoms with Crippen molar-refractivity contribution in [2.75, 3.05) is 0 Å². The second-order valence-electron chi connectivity index (χ2n) is 8.49. The molecule has 0 unspecified atom stereocenters. The van der Waals surface area contributed by atoms with E-state index in [2.05, 4.69) is 17.6 Å². The number of esters is 1. The Labute approximate surface area is 202 Å². The third kappa shape index (κ3) is 10.1. The Hall–Kier alpha value is -3.35. The largest absolute Gasteiger partial charge is 0.461 e. The Balaban J connectivity index is 1.82. The molecule has 0 spiro atoms. The summed E-state index contributed by atoms with van der Waals surface area (Å²) in [4.78, 5) is 37.1. The van der Waals surface area contributed by atoms with Crippen LogP contribution < -0.4 is 10.6 Å². The second kappa shape index (κ2) is 14.7. The Morgan fingerprint density at radius 1 is 0.912 bits per heavy atom. The molecule has 184 valence electrons. The second-order valence-corrected chi connectivity index (χ2v) is 8.49. The molecule has 0 radical (unpaired) electrons. The number of hydrogen-bond acceptors (Lipinski definition) is 5. The number of nitrogens with one attached hydrogen (secondary N) is 2. The lowest BCUT2D eigenvalue weighted by Crippen LogP contribution is -2.42. The zero-order valence-corrected chi connectivity index (χ0v) is 20.3. The molecule has 3 atom stereocenters. The first kappa shape index (κ1) is 26.9. The van der Waals surface area contributed by atoms with Gasteiger partial charge in [0.2, 0.25) is 5.91 Å². The van der Waals surface area contributed by atoms with Gasteiger partial charge in [-0.3, -0.25) is 4.79 Å². The third-order valence-electron chi connectivity index (χ3n) is 5.48. The average Bonchev–Trinajstić information content (AvgIpc) is 2.85. The maximum absolute atomic E-state index is 12.6. The van der Waals surface area contributed by atoms with E-state index in [1.807, 2.05) is 67.6 Å². The molecular formula is C27H36N2O5. The van der Waals surface area contributed by atoms with Crippen molar-refractivity contribution in [1.29, 1.82) is 0 Å². The fourth-order valence-corrected chi connectivity index (χ4v) is 3.41. The number of amides is 2. The zero-order chi connectivity index (χ0) is 24.8. The molecule has 0 aromatic heterocycles. The quantitative estimate of drug-likeness (QED) is 0.414. The van der Waals surface area contributed by atoms with E-state index in [1.54, 1.807) is 6.92 Å². The Morgan fingerprint density at radius 3 is 2.15 bits per heavy atom. The number of unbranched alkanes of at least 4 members (excludes halogenated alkanes) is 1. The SMILES string of the molecule is CCCC[C@@H](OC(=O)[C@H](C)NC(=O)OCc1ccccc1)[C@@H](C)CC(=O)NCc1ccccc1. The number of carbonyl (C=O) groups excluding carboxylic acids is 3. The number of ether oxygens (including phenoxy) is 2. The summed E-state index contributed by atoms with van der Waals surface area (Å²) in [5.74, 6) is -0.803. The summed E-state index contributed by atoms with van der Waals surface area (Å²) in [6, 6.07) is 18.1. The molecule has 0 aliphatic rings. The van der Waals surface area contributed by atoms with Gasteiger partial charge in [-0.05, 0) is 24.5 Å². The van der Waals surface area contributed by atoms with Gasteiger partial charge < -0.3 is 20.1 Å². The molecule has 0 aliphatic carbocycles. The Morgan fingerprint density at radius 2 is 1.53 bits per heavy atom. The summed E-state index contributed by atoms with van der Waals surface area (Å²) in [6.07, 6.45) is 1.61. The predicted molar refractivity (Wildman–Crippen MR) is 131 cm³/mol. The van der Waals surface area contributed by atoms with E-state index in [0.29, 0.717) is 13.0 Å². The van der Waals surface area contributed by atoms with Gasteiger partial charge in [0.25, 0.3) is 0 Å². The van der Waals surface area contributed by atoms with Crippen molar-refractivity contribution in [3.63, 3.8) is 0 Å². The molecule has 2 aromatic carbocycles. The minimum atomic E-state index is -0.869. The van der Waals surface area contributed by atoms with Gasteiger partial charge in [-0.15, -0.1) is 0 Å². The molecule has 0 heterocycles. The maximum atomic E-state index is 12.6. The summed E-state index contributed by atoms with van der Waals surface area (Å²) >= 11 is 0. The molecule has 0 saturated carbocycles. The molecule has 2 amide bonds. The van der Waals surface area contributed by atoms with Crippen LogP contribution in [-0.2, 0) is 32.2 Å². The van der Waals surface area contributed by atoms with Crippen LogP contribution in [0.4, 0.5) is 4.79 Å². The van der Waals surface area contributed by atoms with E-state index in [4.69, 9.17) is 9.47 Å². The summed E-state index contributed by atoms with van der Waals surface area (Å²) in [5, 5.41) is 5.43. The Bertz CT molecular complexity index is 888. The Kier molecular flexibility index (Phi) is 11.7. The van der Waals surface area contributed by atoms with E-state index in [-0.39, 0.29) is 24.9 Å². The van der Waals surface area contributed by atoms with Crippen LogP contribution in [0.25, 0.3) is 0 Å². The summed E-state index contributed by atoms with van der Waals surface area (Å²) in [7, 11) is 0. The van der Waals surface area contributed by atoms with Crippen molar-refractivity contribution in [3.05, 3.63) is 71.8 Å². The monoisotopic (exact) mass is 468 g/mol. The minimum absolute atomic E-state index is 0.0930. The summed E-state index contributed by atoms with van der Waals surface area (Å²) in [6.45, 7) is 6.09. The lowest BCUT2D eigenvalue weighted by atomic mass is 9.95. The van der Waals surface area contributed by atoms with Crippen molar-refractivity contribution < 1.29 is 23.9 Å². The van der Waals surface area contributed by atoms with Crippen LogP contribution in [0.5, 0.6) is 0 Å². The smallest absolute Gasteiger partial charge is 0.408 e. The molecule has 2 rings (SSSR count). The molecule has 2 N–H and O–H groups in total. The molecule has 0 fully saturated rings.